The molecular weight excluding hydrogens is 238 g/mol. The summed E-state index contributed by atoms with van der Waals surface area (Å²) < 4.78 is 5.20. The molecule has 1 N–H and O–H groups in total. The highest BCUT2D eigenvalue weighted by Crippen LogP contribution is 2.28. The van der Waals surface area contributed by atoms with E-state index in [1.165, 1.54) is 0 Å². The summed E-state index contributed by atoms with van der Waals surface area (Å²) in [5.41, 5.74) is 2.14. The van der Waals surface area contributed by atoms with Crippen LogP contribution >= 0.6 is 0 Å². The second kappa shape index (κ2) is 8.18. The van der Waals surface area contributed by atoms with E-state index < -0.39 is 6.10 Å². The van der Waals surface area contributed by atoms with E-state index in [1.807, 2.05) is 25.1 Å². The molecule has 0 fully saturated rings. The zero-order valence-electron chi connectivity index (χ0n) is 12.6. The summed E-state index contributed by atoms with van der Waals surface area (Å²) in [5, 5.41) is 10.2. The summed E-state index contributed by atoms with van der Waals surface area (Å²) in [6.45, 7) is 8.93. The Morgan fingerprint density at radius 3 is 2.53 bits per heavy atom. The van der Waals surface area contributed by atoms with E-state index in [9.17, 15) is 5.11 Å². The van der Waals surface area contributed by atoms with Gasteiger partial charge in [-0.25, -0.2) is 0 Å². The maximum atomic E-state index is 10.2. The lowest BCUT2D eigenvalue weighted by molar-refractivity contribution is 0.173. The van der Waals surface area contributed by atoms with Crippen molar-refractivity contribution in [1.29, 1.82) is 0 Å². The van der Waals surface area contributed by atoms with Crippen LogP contribution in [0.3, 0.4) is 0 Å². The number of nitrogens with zero attached hydrogens (tertiary/aromatic N) is 1. The van der Waals surface area contributed by atoms with Gasteiger partial charge in [0.15, 0.2) is 0 Å². The van der Waals surface area contributed by atoms with Gasteiger partial charge in [-0.1, -0.05) is 39.0 Å². The summed E-state index contributed by atoms with van der Waals surface area (Å²) in [4.78, 5) is 2.31. The normalized spacial score (nSPS) is 12.7. The summed E-state index contributed by atoms with van der Waals surface area (Å²) in [5.74, 6) is 0.573. The molecule has 0 aliphatic heterocycles. The third-order valence-electron chi connectivity index (χ3n) is 3.17. The first-order valence-corrected chi connectivity index (χ1v) is 7.11. The van der Waals surface area contributed by atoms with Crippen molar-refractivity contribution in [1.82, 2.24) is 0 Å². The highest BCUT2D eigenvalue weighted by atomic mass is 16.5. The van der Waals surface area contributed by atoms with E-state index in [-0.39, 0.29) is 0 Å². The van der Waals surface area contributed by atoms with Crippen molar-refractivity contribution in [3.8, 4) is 0 Å². The van der Waals surface area contributed by atoms with Gasteiger partial charge in [-0.15, -0.1) is 0 Å². The summed E-state index contributed by atoms with van der Waals surface area (Å²) in [6.07, 6.45) is 0.338. The molecule has 0 heterocycles. The van der Waals surface area contributed by atoms with E-state index in [2.05, 4.69) is 24.8 Å². The molecule has 108 valence electrons. The molecule has 1 aromatic carbocycles. The van der Waals surface area contributed by atoms with Crippen LogP contribution in [-0.4, -0.2) is 31.9 Å². The zero-order valence-corrected chi connectivity index (χ0v) is 12.6. The average Bonchev–Trinajstić information content (AvgIpc) is 2.42. The Kier molecular flexibility index (Phi) is 6.89. The van der Waals surface area contributed by atoms with Crippen molar-refractivity contribution < 1.29 is 9.84 Å². The number of ether oxygens (including phenoxy) is 1. The summed E-state index contributed by atoms with van der Waals surface area (Å²) in [7, 11) is 1.72. The van der Waals surface area contributed by atoms with Gasteiger partial charge < -0.3 is 14.7 Å². The molecule has 1 atom stereocenters. The Morgan fingerprint density at radius 2 is 1.95 bits per heavy atom. The lowest BCUT2D eigenvalue weighted by Gasteiger charge is -2.29. The molecule has 0 aromatic heterocycles. The second-order valence-corrected chi connectivity index (χ2v) is 5.32. The van der Waals surface area contributed by atoms with E-state index in [4.69, 9.17) is 4.74 Å². The molecule has 1 rings (SSSR count). The highest BCUT2D eigenvalue weighted by molar-refractivity contribution is 5.54. The Labute approximate surface area is 117 Å². The number of rotatable bonds is 8. The molecular formula is C16H27NO2. The average molecular weight is 265 g/mol. The van der Waals surface area contributed by atoms with Crippen molar-refractivity contribution >= 4 is 5.69 Å². The highest BCUT2D eigenvalue weighted by Gasteiger charge is 2.16. The van der Waals surface area contributed by atoms with Gasteiger partial charge in [0, 0.05) is 31.5 Å². The number of aliphatic hydroxyl groups excluding tert-OH is 1. The molecule has 1 aromatic rings. The largest absolute Gasteiger partial charge is 0.388 e. The van der Waals surface area contributed by atoms with Gasteiger partial charge in [-0.2, -0.15) is 0 Å². The number of methoxy groups -OCH3 is 1. The van der Waals surface area contributed by atoms with Crippen molar-refractivity contribution in [2.24, 2.45) is 5.92 Å². The van der Waals surface area contributed by atoms with Gasteiger partial charge in [0.05, 0.1) is 12.7 Å². The summed E-state index contributed by atoms with van der Waals surface area (Å²) in [6, 6.07) is 8.12. The lowest BCUT2D eigenvalue weighted by Crippen LogP contribution is -2.32. The molecule has 0 aliphatic carbocycles. The molecule has 19 heavy (non-hydrogen) atoms. The van der Waals surface area contributed by atoms with Crippen molar-refractivity contribution in [3.05, 3.63) is 29.8 Å². The van der Waals surface area contributed by atoms with Gasteiger partial charge in [-0.05, 0) is 18.4 Å². The van der Waals surface area contributed by atoms with Crippen LogP contribution in [-0.2, 0) is 4.74 Å². The number of benzene rings is 1. The number of aliphatic hydroxyl groups is 1. The predicted molar refractivity (Wildman–Crippen MR) is 80.6 cm³/mol. The number of para-hydroxylation sites is 1. The summed E-state index contributed by atoms with van der Waals surface area (Å²) >= 11 is 0. The first-order chi connectivity index (χ1) is 9.10. The monoisotopic (exact) mass is 265 g/mol. The van der Waals surface area contributed by atoms with Crippen LogP contribution in [0.25, 0.3) is 0 Å². The molecule has 0 aliphatic rings. The van der Waals surface area contributed by atoms with Crippen molar-refractivity contribution in [3.63, 3.8) is 0 Å². The molecule has 0 spiro atoms. The van der Waals surface area contributed by atoms with Crippen LogP contribution in [0.1, 0.15) is 38.9 Å². The topological polar surface area (TPSA) is 32.7 Å². The number of anilines is 1. The Morgan fingerprint density at radius 1 is 1.26 bits per heavy atom. The molecule has 0 bridgehead atoms. The fourth-order valence-electron chi connectivity index (χ4n) is 2.23. The SMILES string of the molecule is CCC(O)c1ccccc1N(CCOC)CC(C)C. The van der Waals surface area contributed by atoms with Crippen molar-refractivity contribution in [2.45, 2.75) is 33.3 Å². The fraction of sp³-hybridized carbons (Fsp3) is 0.625. The molecule has 0 saturated carbocycles. The van der Waals surface area contributed by atoms with Crippen LogP contribution in [0.5, 0.6) is 0 Å². The zero-order chi connectivity index (χ0) is 14.3. The Hall–Kier alpha value is -1.06. The van der Waals surface area contributed by atoms with Gasteiger partial charge >= 0.3 is 0 Å². The van der Waals surface area contributed by atoms with E-state index in [0.717, 1.165) is 30.8 Å². The minimum Gasteiger partial charge on any atom is -0.388 e. The molecule has 0 amide bonds. The van der Waals surface area contributed by atoms with Gasteiger partial charge in [-0.3, -0.25) is 0 Å². The Balaban J connectivity index is 2.99. The second-order valence-electron chi connectivity index (χ2n) is 5.32. The smallest absolute Gasteiger partial charge is 0.0807 e. The minimum atomic E-state index is -0.395. The lowest BCUT2D eigenvalue weighted by atomic mass is 10.0. The maximum Gasteiger partial charge on any atom is 0.0807 e. The quantitative estimate of drug-likeness (QED) is 0.783. The van der Waals surface area contributed by atoms with Crippen molar-refractivity contribution in [2.75, 3.05) is 31.7 Å². The van der Waals surface area contributed by atoms with Crippen LogP contribution < -0.4 is 4.90 Å². The predicted octanol–water partition coefficient (Wildman–Crippen LogP) is 3.24. The van der Waals surface area contributed by atoms with Crippen LogP contribution in [0.4, 0.5) is 5.69 Å². The first-order valence-electron chi connectivity index (χ1n) is 7.11. The maximum absolute atomic E-state index is 10.2. The number of hydrogen-bond acceptors (Lipinski definition) is 3. The van der Waals surface area contributed by atoms with Crippen LogP contribution in [0.15, 0.2) is 24.3 Å². The van der Waals surface area contributed by atoms with Crippen LogP contribution in [0.2, 0.25) is 0 Å². The van der Waals surface area contributed by atoms with Crippen LogP contribution in [0, 0.1) is 5.92 Å². The fourth-order valence-corrected chi connectivity index (χ4v) is 2.23. The number of hydrogen-bond donors (Lipinski definition) is 1. The van der Waals surface area contributed by atoms with Gasteiger partial charge in [0.1, 0.15) is 0 Å². The minimum absolute atomic E-state index is 0.395. The first kappa shape index (κ1) is 16.0. The van der Waals surface area contributed by atoms with Gasteiger partial charge in [0.2, 0.25) is 0 Å². The molecule has 3 nitrogen and oxygen atoms in total. The molecule has 3 heteroatoms. The third kappa shape index (κ3) is 4.84. The standard InChI is InChI=1S/C16H27NO2/c1-5-16(18)14-8-6-7-9-15(14)17(10-11-19-4)12-13(2)3/h6-9,13,16,18H,5,10-12H2,1-4H3. The van der Waals surface area contributed by atoms with Gasteiger partial charge in [0.25, 0.3) is 0 Å². The molecule has 1 unspecified atom stereocenters. The third-order valence-corrected chi connectivity index (χ3v) is 3.17. The molecule has 0 radical (unpaired) electrons. The van der Waals surface area contributed by atoms with E-state index in [0.29, 0.717) is 12.5 Å². The Bertz CT molecular complexity index is 366. The molecule has 0 saturated heterocycles. The van der Waals surface area contributed by atoms with E-state index in [1.54, 1.807) is 7.11 Å². The van der Waals surface area contributed by atoms with E-state index >= 15 is 0 Å².